The molecular formula is C36H36N2O3. The highest BCUT2D eigenvalue weighted by molar-refractivity contribution is 5.98. The summed E-state index contributed by atoms with van der Waals surface area (Å²) in [7, 11) is 0. The van der Waals surface area contributed by atoms with Gasteiger partial charge in [0.2, 0.25) is 0 Å². The Hall–Kier alpha value is -4.64. The van der Waals surface area contributed by atoms with Gasteiger partial charge < -0.3 is 14.6 Å². The van der Waals surface area contributed by atoms with Crippen molar-refractivity contribution in [3.63, 3.8) is 0 Å². The fourth-order valence-electron chi connectivity index (χ4n) is 5.11. The summed E-state index contributed by atoms with van der Waals surface area (Å²) in [5.74, 6) is -0.351. The molecule has 0 radical (unpaired) electrons. The van der Waals surface area contributed by atoms with E-state index in [1.54, 1.807) is 0 Å². The summed E-state index contributed by atoms with van der Waals surface area (Å²) in [6.45, 7) is 5.29. The summed E-state index contributed by atoms with van der Waals surface area (Å²) in [5.41, 5.74) is 6.41. The molecule has 1 aromatic heterocycles. The number of nitrogens with one attached hydrogen (secondary N) is 1. The number of hydrogen-bond donors (Lipinski definition) is 1. The molecule has 0 aliphatic rings. The molecule has 0 saturated carbocycles. The number of aromatic nitrogens is 1. The normalized spacial score (nSPS) is 11.8. The van der Waals surface area contributed by atoms with E-state index in [-0.39, 0.29) is 17.9 Å². The minimum absolute atomic E-state index is 0.0226. The number of carbonyl (C=O) groups excluding carboxylic acids is 2. The molecule has 1 amide bonds. The van der Waals surface area contributed by atoms with Crippen molar-refractivity contribution in [1.29, 1.82) is 0 Å². The van der Waals surface area contributed by atoms with E-state index >= 15 is 0 Å². The van der Waals surface area contributed by atoms with Gasteiger partial charge in [0.25, 0.3) is 5.91 Å². The van der Waals surface area contributed by atoms with Crippen LogP contribution in [0.3, 0.4) is 0 Å². The lowest BCUT2D eigenvalue weighted by Crippen LogP contribution is -2.28. The van der Waals surface area contributed by atoms with Crippen molar-refractivity contribution < 1.29 is 14.3 Å². The Bertz CT molecular complexity index is 1620. The van der Waals surface area contributed by atoms with Gasteiger partial charge in [-0.25, -0.2) is 4.79 Å². The molecule has 0 aliphatic heterocycles. The zero-order valence-electron chi connectivity index (χ0n) is 23.7. The highest BCUT2D eigenvalue weighted by Crippen LogP contribution is 2.26. The lowest BCUT2D eigenvalue weighted by atomic mass is 9.98. The summed E-state index contributed by atoms with van der Waals surface area (Å²) in [4.78, 5) is 25.7. The third-order valence-electron chi connectivity index (χ3n) is 7.44. The minimum Gasteiger partial charge on any atom is -0.462 e. The maximum atomic E-state index is 13.1. The second-order valence-electron chi connectivity index (χ2n) is 10.3. The summed E-state index contributed by atoms with van der Waals surface area (Å²) < 4.78 is 7.65. The zero-order valence-corrected chi connectivity index (χ0v) is 23.7. The van der Waals surface area contributed by atoms with Crippen LogP contribution in [0.2, 0.25) is 0 Å². The van der Waals surface area contributed by atoms with Crippen molar-refractivity contribution in [2.24, 2.45) is 0 Å². The van der Waals surface area contributed by atoms with E-state index in [2.05, 4.69) is 60.3 Å². The minimum atomic E-state index is -0.282. The molecule has 0 saturated heterocycles. The lowest BCUT2D eigenvalue weighted by molar-refractivity contribution is 0.0500. The standard InChI is InChI=1S/C36H36N2O3/c1-3-5-23-41-36(40)32-14-10-9-13-31(32)27-17-15-26(16-18-27)25-38-22-21-29-24-30(19-20-34(29)38)35(39)37-33(4-2)28-11-7-6-8-12-28/h6-22,24,33H,3-5,23,25H2,1-2H3,(H,37,39). The average Bonchev–Trinajstić information content (AvgIpc) is 3.42. The van der Waals surface area contributed by atoms with Crippen molar-refractivity contribution in [1.82, 2.24) is 9.88 Å². The van der Waals surface area contributed by atoms with Crippen molar-refractivity contribution in [2.75, 3.05) is 6.61 Å². The Balaban J connectivity index is 1.28. The van der Waals surface area contributed by atoms with Crippen LogP contribution in [0.1, 0.15) is 71.0 Å². The maximum absolute atomic E-state index is 13.1. The first kappa shape index (κ1) is 27.9. The Morgan fingerprint density at radius 2 is 1.61 bits per heavy atom. The summed E-state index contributed by atoms with van der Waals surface area (Å²) in [5, 5.41) is 4.20. The van der Waals surface area contributed by atoms with Gasteiger partial charge in [-0.2, -0.15) is 0 Å². The smallest absolute Gasteiger partial charge is 0.338 e. The van der Waals surface area contributed by atoms with Crippen LogP contribution >= 0.6 is 0 Å². The van der Waals surface area contributed by atoms with Gasteiger partial charge in [-0.3, -0.25) is 4.79 Å². The molecule has 5 rings (SSSR count). The Morgan fingerprint density at radius 1 is 0.854 bits per heavy atom. The van der Waals surface area contributed by atoms with E-state index in [1.165, 1.54) is 0 Å². The lowest BCUT2D eigenvalue weighted by Gasteiger charge is -2.17. The van der Waals surface area contributed by atoms with E-state index in [4.69, 9.17) is 4.74 Å². The number of nitrogens with zero attached hydrogens (tertiary/aromatic N) is 1. The summed E-state index contributed by atoms with van der Waals surface area (Å²) in [6.07, 6.45) is 4.72. The molecule has 5 heteroatoms. The van der Waals surface area contributed by atoms with Gasteiger partial charge in [0, 0.05) is 29.2 Å². The number of benzene rings is 4. The van der Waals surface area contributed by atoms with Crippen LogP contribution in [0, 0.1) is 0 Å². The van der Waals surface area contributed by atoms with Crippen LogP contribution < -0.4 is 5.32 Å². The monoisotopic (exact) mass is 544 g/mol. The topological polar surface area (TPSA) is 60.3 Å². The van der Waals surface area contributed by atoms with E-state index in [0.29, 0.717) is 24.3 Å². The van der Waals surface area contributed by atoms with E-state index in [9.17, 15) is 9.59 Å². The molecule has 208 valence electrons. The number of rotatable bonds is 11. The van der Waals surface area contributed by atoms with Crippen LogP contribution in [0.5, 0.6) is 0 Å². The quantitative estimate of drug-likeness (QED) is 0.135. The highest BCUT2D eigenvalue weighted by atomic mass is 16.5. The molecule has 1 N–H and O–H groups in total. The number of fused-ring (bicyclic) bond motifs is 1. The van der Waals surface area contributed by atoms with Gasteiger partial charge in [-0.15, -0.1) is 0 Å². The van der Waals surface area contributed by atoms with Gasteiger partial charge >= 0.3 is 5.97 Å². The van der Waals surface area contributed by atoms with Gasteiger partial charge in [0.1, 0.15) is 0 Å². The fraction of sp³-hybridized carbons (Fsp3) is 0.222. The Labute approximate surface area is 241 Å². The second kappa shape index (κ2) is 13.1. The van der Waals surface area contributed by atoms with E-state index in [1.807, 2.05) is 72.8 Å². The van der Waals surface area contributed by atoms with Crippen molar-refractivity contribution in [3.05, 3.63) is 132 Å². The first-order valence-electron chi connectivity index (χ1n) is 14.4. The maximum Gasteiger partial charge on any atom is 0.338 e. The van der Waals surface area contributed by atoms with Crippen LogP contribution in [-0.2, 0) is 11.3 Å². The van der Waals surface area contributed by atoms with Crippen LogP contribution in [0.4, 0.5) is 0 Å². The molecule has 41 heavy (non-hydrogen) atoms. The van der Waals surface area contributed by atoms with Crippen LogP contribution in [0.25, 0.3) is 22.0 Å². The molecule has 1 unspecified atom stereocenters. The molecule has 5 nitrogen and oxygen atoms in total. The van der Waals surface area contributed by atoms with Gasteiger partial charge in [-0.1, -0.05) is 93.1 Å². The number of unbranched alkanes of at least 4 members (excludes halogenated alkanes) is 1. The molecule has 0 bridgehead atoms. The van der Waals surface area contributed by atoms with E-state index in [0.717, 1.165) is 52.4 Å². The summed E-state index contributed by atoms with van der Waals surface area (Å²) >= 11 is 0. The van der Waals surface area contributed by atoms with Crippen molar-refractivity contribution in [3.8, 4) is 11.1 Å². The van der Waals surface area contributed by atoms with Crippen LogP contribution in [-0.4, -0.2) is 23.1 Å². The molecule has 4 aromatic carbocycles. The van der Waals surface area contributed by atoms with Gasteiger partial charge in [0.05, 0.1) is 18.2 Å². The predicted octanol–water partition coefficient (Wildman–Crippen LogP) is 8.19. The molecular weight excluding hydrogens is 508 g/mol. The number of carbonyl (C=O) groups is 2. The molecule has 1 atom stereocenters. The van der Waals surface area contributed by atoms with E-state index < -0.39 is 0 Å². The largest absolute Gasteiger partial charge is 0.462 e. The van der Waals surface area contributed by atoms with Crippen molar-refractivity contribution in [2.45, 2.75) is 45.7 Å². The fourth-order valence-corrected chi connectivity index (χ4v) is 5.11. The van der Waals surface area contributed by atoms with Gasteiger partial charge in [0.15, 0.2) is 0 Å². The average molecular weight is 545 g/mol. The third-order valence-corrected chi connectivity index (χ3v) is 7.44. The molecule has 0 spiro atoms. The van der Waals surface area contributed by atoms with Crippen molar-refractivity contribution >= 4 is 22.8 Å². The predicted molar refractivity (Wildman–Crippen MR) is 165 cm³/mol. The third kappa shape index (κ3) is 6.58. The highest BCUT2D eigenvalue weighted by Gasteiger charge is 2.16. The molecule has 0 aliphatic carbocycles. The second-order valence-corrected chi connectivity index (χ2v) is 10.3. The number of amides is 1. The first-order chi connectivity index (χ1) is 20.1. The Morgan fingerprint density at radius 3 is 2.37 bits per heavy atom. The number of hydrogen-bond acceptors (Lipinski definition) is 3. The van der Waals surface area contributed by atoms with Gasteiger partial charge in [-0.05, 0) is 65.4 Å². The SMILES string of the molecule is CCCCOC(=O)c1ccccc1-c1ccc(Cn2ccc3cc(C(=O)NC(CC)c4ccccc4)ccc32)cc1. The van der Waals surface area contributed by atoms with Crippen LogP contribution in [0.15, 0.2) is 109 Å². The first-order valence-corrected chi connectivity index (χ1v) is 14.4. The molecule has 0 fully saturated rings. The number of ether oxygens (including phenoxy) is 1. The zero-order chi connectivity index (χ0) is 28.6. The number of esters is 1. The summed E-state index contributed by atoms with van der Waals surface area (Å²) in [6, 6.07) is 33.9. The Kier molecular flexibility index (Phi) is 8.95. The molecule has 1 heterocycles. The molecule has 5 aromatic rings.